The number of aliphatic carboxylic acids is 1. The van der Waals surface area contributed by atoms with Gasteiger partial charge in [0.1, 0.15) is 6.10 Å². The van der Waals surface area contributed by atoms with E-state index in [0.29, 0.717) is 26.1 Å². The Bertz CT molecular complexity index is 455. The van der Waals surface area contributed by atoms with Crippen molar-refractivity contribution < 1.29 is 23.8 Å². The van der Waals surface area contributed by atoms with E-state index in [0.717, 1.165) is 18.4 Å². The van der Waals surface area contributed by atoms with E-state index in [1.807, 2.05) is 0 Å². The molecule has 0 atom stereocenters. The Morgan fingerprint density at radius 1 is 1.40 bits per heavy atom. The van der Waals surface area contributed by atoms with Gasteiger partial charge in [0.25, 0.3) is 0 Å². The zero-order valence-electron chi connectivity index (χ0n) is 11.3. The highest BCUT2D eigenvalue weighted by Crippen LogP contribution is 2.23. The molecule has 0 bridgehead atoms. The standard InChI is InChI=1S/C15H19FO4/c16-13-10-11(2-1-3-15(17)18)4-5-14(13)20-12-6-8-19-9-7-12/h4-5,10,12H,1-3,6-9H2,(H,17,18). The lowest BCUT2D eigenvalue weighted by atomic mass is 10.1. The fraction of sp³-hybridized carbons (Fsp3) is 0.533. The normalized spacial score (nSPS) is 16.1. The highest BCUT2D eigenvalue weighted by molar-refractivity contribution is 5.66. The third-order valence-corrected chi connectivity index (χ3v) is 3.31. The maximum Gasteiger partial charge on any atom is 0.303 e. The van der Waals surface area contributed by atoms with Gasteiger partial charge < -0.3 is 14.6 Å². The Labute approximate surface area is 117 Å². The first-order chi connectivity index (χ1) is 9.65. The van der Waals surface area contributed by atoms with Crippen molar-refractivity contribution in [2.45, 2.75) is 38.2 Å². The van der Waals surface area contributed by atoms with Gasteiger partial charge in [-0.2, -0.15) is 0 Å². The van der Waals surface area contributed by atoms with E-state index >= 15 is 0 Å². The van der Waals surface area contributed by atoms with Crippen molar-refractivity contribution >= 4 is 5.97 Å². The molecule has 20 heavy (non-hydrogen) atoms. The van der Waals surface area contributed by atoms with Crippen LogP contribution in [0.15, 0.2) is 18.2 Å². The quantitative estimate of drug-likeness (QED) is 0.871. The molecule has 0 aromatic heterocycles. The predicted molar refractivity (Wildman–Crippen MR) is 71.4 cm³/mol. The molecule has 1 aromatic rings. The number of carboxylic acid groups (broad SMARTS) is 1. The molecule has 1 aliphatic heterocycles. The molecule has 0 aliphatic carbocycles. The summed E-state index contributed by atoms with van der Waals surface area (Å²) in [7, 11) is 0. The maximum absolute atomic E-state index is 13.9. The molecule has 1 aromatic carbocycles. The first-order valence-electron chi connectivity index (χ1n) is 6.90. The van der Waals surface area contributed by atoms with Gasteiger partial charge in [-0.3, -0.25) is 4.79 Å². The average molecular weight is 282 g/mol. The van der Waals surface area contributed by atoms with Gasteiger partial charge in [-0.25, -0.2) is 4.39 Å². The van der Waals surface area contributed by atoms with Crippen molar-refractivity contribution in [1.82, 2.24) is 0 Å². The fourth-order valence-corrected chi connectivity index (χ4v) is 2.21. The molecule has 1 heterocycles. The summed E-state index contributed by atoms with van der Waals surface area (Å²) in [5.41, 5.74) is 0.795. The molecule has 0 amide bonds. The Balaban J connectivity index is 1.89. The number of carbonyl (C=O) groups is 1. The minimum Gasteiger partial charge on any atom is -0.487 e. The van der Waals surface area contributed by atoms with E-state index in [1.165, 1.54) is 6.07 Å². The zero-order valence-corrected chi connectivity index (χ0v) is 11.3. The molecular weight excluding hydrogens is 263 g/mol. The third-order valence-electron chi connectivity index (χ3n) is 3.31. The van der Waals surface area contributed by atoms with Crippen LogP contribution < -0.4 is 4.74 Å². The summed E-state index contributed by atoms with van der Waals surface area (Å²) in [5.74, 6) is -0.951. The van der Waals surface area contributed by atoms with Crippen LogP contribution in [0.3, 0.4) is 0 Å². The molecule has 0 unspecified atom stereocenters. The first-order valence-corrected chi connectivity index (χ1v) is 6.90. The second-order valence-electron chi connectivity index (χ2n) is 4.94. The SMILES string of the molecule is O=C(O)CCCc1ccc(OC2CCOCC2)c(F)c1. The monoisotopic (exact) mass is 282 g/mol. The Kier molecular flexibility index (Phi) is 5.35. The van der Waals surface area contributed by atoms with Gasteiger partial charge in [0.05, 0.1) is 13.2 Å². The molecule has 110 valence electrons. The van der Waals surface area contributed by atoms with Gasteiger partial charge in [0, 0.05) is 19.3 Å². The zero-order chi connectivity index (χ0) is 14.4. The molecule has 0 saturated carbocycles. The van der Waals surface area contributed by atoms with E-state index in [2.05, 4.69) is 0 Å². The van der Waals surface area contributed by atoms with Crippen LogP contribution in [-0.4, -0.2) is 30.4 Å². The lowest BCUT2D eigenvalue weighted by Crippen LogP contribution is -2.26. The van der Waals surface area contributed by atoms with E-state index in [1.54, 1.807) is 12.1 Å². The van der Waals surface area contributed by atoms with Gasteiger partial charge in [0.2, 0.25) is 0 Å². The highest BCUT2D eigenvalue weighted by Gasteiger charge is 2.17. The van der Waals surface area contributed by atoms with Crippen LogP contribution in [0.4, 0.5) is 4.39 Å². The molecule has 1 saturated heterocycles. The van der Waals surface area contributed by atoms with Crippen LogP contribution in [0.5, 0.6) is 5.75 Å². The molecule has 1 N–H and O–H groups in total. The molecular formula is C15H19FO4. The van der Waals surface area contributed by atoms with Crippen molar-refractivity contribution in [3.63, 3.8) is 0 Å². The third kappa shape index (κ3) is 4.49. The number of aryl methyl sites for hydroxylation is 1. The number of benzene rings is 1. The summed E-state index contributed by atoms with van der Waals surface area (Å²) in [6.45, 7) is 1.30. The van der Waals surface area contributed by atoms with Gasteiger partial charge in [-0.15, -0.1) is 0 Å². The second-order valence-corrected chi connectivity index (χ2v) is 4.94. The molecule has 1 fully saturated rings. The lowest BCUT2D eigenvalue weighted by Gasteiger charge is -2.23. The summed E-state index contributed by atoms with van der Waals surface area (Å²) < 4.78 is 24.8. The van der Waals surface area contributed by atoms with Crippen molar-refractivity contribution in [3.05, 3.63) is 29.6 Å². The van der Waals surface area contributed by atoms with Crippen LogP contribution in [0, 0.1) is 5.82 Å². The highest BCUT2D eigenvalue weighted by atomic mass is 19.1. The van der Waals surface area contributed by atoms with E-state index in [-0.39, 0.29) is 24.1 Å². The van der Waals surface area contributed by atoms with Gasteiger partial charge in [-0.1, -0.05) is 6.07 Å². The molecule has 1 aliphatic rings. The average Bonchev–Trinajstić information content (AvgIpc) is 2.42. The van der Waals surface area contributed by atoms with Crippen LogP contribution in [-0.2, 0) is 16.0 Å². The number of hydrogen-bond acceptors (Lipinski definition) is 3. The van der Waals surface area contributed by atoms with Gasteiger partial charge in [-0.05, 0) is 30.5 Å². The molecule has 2 rings (SSSR count). The Hall–Kier alpha value is -1.62. The van der Waals surface area contributed by atoms with Gasteiger partial charge >= 0.3 is 5.97 Å². The van der Waals surface area contributed by atoms with E-state index in [4.69, 9.17) is 14.6 Å². The maximum atomic E-state index is 13.9. The largest absolute Gasteiger partial charge is 0.487 e. The Morgan fingerprint density at radius 2 is 2.15 bits per heavy atom. The van der Waals surface area contributed by atoms with Crippen LogP contribution in [0.2, 0.25) is 0 Å². The van der Waals surface area contributed by atoms with Crippen LogP contribution >= 0.6 is 0 Å². The van der Waals surface area contributed by atoms with Crippen LogP contribution in [0.1, 0.15) is 31.2 Å². The van der Waals surface area contributed by atoms with E-state index < -0.39 is 5.97 Å². The topological polar surface area (TPSA) is 55.8 Å². The second kappa shape index (κ2) is 7.24. The van der Waals surface area contributed by atoms with Crippen molar-refractivity contribution in [2.24, 2.45) is 0 Å². The van der Waals surface area contributed by atoms with Gasteiger partial charge in [0.15, 0.2) is 11.6 Å². The number of hydrogen-bond donors (Lipinski definition) is 1. The fourth-order valence-electron chi connectivity index (χ4n) is 2.21. The number of halogens is 1. The smallest absolute Gasteiger partial charge is 0.303 e. The summed E-state index contributed by atoms with van der Waals surface area (Å²) >= 11 is 0. The van der Waals surface area contributed by atoms with Crippen LogP contribution in [0.25, 0.3) is 0 Å². The molecule has 5 heteroatoms. The van der Waals surface area contributed by atoms with E-state index in [9.17, 15) is 9.18 Å². The summed E-state index contributed by atoms with van der Waals surface area (Å²) in [6.07, 6.45) is 2.73. The summed E-state index contributed by atoms with van der Waals surface area (Å²) in [4.78, 5) is 10.4. The van der Waals surface area contributed by atoms with Crippen molar-refractivity contribution in [1.29, 1.82) is 0 Å². The minimum absolute atomic E-state index is 0.0103. The minimum atomic E-state index is -0.829. The lowest BCUT2D eigenvalue weighted by molar-refractivity contribution is -0.137. The first kappa shape index (κ1) is 14.8. The molecule has 0 radical (unpaired) electrons. The summed E-state index contributed by atoms with van der Waals surface area (Å²) in [6, 6.07) is 4.84. The van der Waals surface area contributed by atoms with Crippen molar-refractivity contribution in [2.75, 3.05) is 13.2 Å². The Morgan fingerprint density at radius 3 is 2.80 bits per heavy atom. The number of carboxylic acids is 1. The predicted octanol–water partition coefficient (Wildman–Crippen LogP) is 2.79. The number of rotatable bonds is 6. The molecule has 0 spiro atoms. The molecule has 4 nitrogen and oxygen atoms in total. The van der Waals surface area contributed by atoms with Crippen molar-refractivity contribution in [3.8, 4) is 5.75 Å². The number of ether oxygens (including phenoxy) is 2. The summed E-state index contributed by atoms with van der Waals surface area (Å²) in [5, 5.41) is 8.57.